The van der Waals surface area contributed by atoms with Crippen LogP contribution in [0.4, 0.5) is 0 Å². The van der Waals surface area contributed by atoms with Crippen LogP contribution in [0, 0.1) is 27.7 Å². The first-order valence-corrected chi connectivity index (χ1v) is 9.17. The first-order valence-electron chi connectivity index (χ1n) is 7.94. The second kappa shape index (κ2) is 6.84. The van der Waals surface area contributed by atoms with Gasteiger partial charge in [0.05, 0.1) is 6.42 Å². The quantitative estimate of drug-likeness (QED) is 0.406. The van der Waals surface area contributed by atoms with Crippen LogP contribution in [0.1, 0.15) is 28.1 Å². The van der Waals surface area contributed by atoms with Crippen molar-refractivity contribution in [2.24, 2.45) is 0 Å². The van der Waals surface area contributed by atoms with Crippen LogP contribution in [0.2, 0.25) is 0 Å². The highest BCUT2D eigenvalue weighted by Crippen LogP contribution is 2.24. The summed E-state index contributed by atoms with van der Waals surface area (Å²) in [6.45, 7) is 7.66. The highest BCUT2D eigenvalue weighted by atomic mass is 32.2. The SMILES string of the molecule is CSc1nc2nc(C)c(CC(=O)Oc3c(C)cccc3C)c(C)n2n1. The number of carbonyl (C=O) groups is 1. The van der Waals surface area contributed by atoms with E-state index in [4.69, 9.17) is 4.74 Å². The molecule has 0 radical (unpaired) electrons. The van der Waals surface area contributed by atoms with Gasteiger partial charge in [-0.2, -0.15) is 4.98 Å². The normalized spacial score (nSPS) is 11.1. The van der Waals surface area contributed by atoms with Crippen LogP contribution >= 0.6 is 11.8 Å². The molecule has 7 heteroatoms. The molecule has 0 amide bonds. The molecule has 130 valence electrons. The lowest BCUT2D eigenvalue weighted by atomic mass is 10.1. The summed E-state index contributed by atoms with van der Waals surface area (Å²) in [5, 5.41) is 5.06. The van der Waals surface area contributed by atoms with Crippen LogP contribution in [-0.4, -0.2) is 31.8 Å². The number of aromatic nitrogens is 4. The summed E-state index contributed by atoms with van der Waals surface area (Å²) in [6, 6.07) is 5.81. The zero-order valence-electron chi connectivity index (χ0n) is 15.0. The molecule has 3 rings (SSSR count). The molecule has 0 atom stereocenters. The van der Waals surface area contributed by atoms with Crippen LogP contribution in [0.5, 0.6) is 5.75 Å². The van der Waals surface area contributed by atoms with Crippen molar-refractivity contribution >= 4 is 23.5 Å². The lowest BCUT2D eigenvalue weighted by molar-refractivity contribution is -0.133. The number of esters is 1. The molecule has 0 saturated carbocycles. The molecule has 0 spiro atoms. The van der Waals surface area contributed by atoms with Crippen LogP contribution < -0.4 is 4.74 Å². The van der Waals surface area contributed by atoms with Crippen molar-refractivity contribution in [3.05, 3.63) is 46.3 Å². The van der Waals surface area contributed by atoms with Crippen LogP contribution in [0.3, 0.4) is 0 Å². The summed E-state index contributed by atoms with van der Waals surface area (Å²) < 4.78 is 7.29. The van der Waals surface area contributed by atoms with Crippen LogP contribution in [-0.2, 0) is 11.2 Å². The molecule has 0 unspecified atom stereocenters. The molecule has 0 aliphatic heterocycles. The summed E-state index contributed by atoms with van der Waals surface area (Å²) in [5.74, 6) is 0.864. The van der Waals surface area contributed by atoms with Gasteiger partial charge in [-0.1, -0.05) is 30.0 Å². The highest BCUT2D eigenvalue weighted by molar-refractivity contribution is 7.98. The third-order valence-electron chi connectivity index (χ3n) is 4.16. The molecule has 25 heavy (non-hydrogen) atoms. The average Bonchev–Trinajstić information content (AvgIpc) is 2.98. The lowest BCUT2D eigenvalue weighted by Gasteiger charge is -2.12. The Labute approximate surface area is 150 Å². The second-order valence-corrected chi connectivity index (χ2v) is 6.72. The van der Waals surface area contributed by atoms with E-state index in [9.17, 15) is 4.79 Å². The number of benzene rings is 1. The van der Waals surface area contributed by atoms with Crippen molar-refractivity contribution in [3.8, 4) is 5.75 Å². The molecule has 1 aromatic carbocycles. The van der Waals surface area contributed by atoms with Crippen LogP contribution in [0.15, 0.2) is 23.4 Å². The van der Waals surface area contributed by atoms with Crippen molar-refractivity contribution in [2.75, 3.05) is 6.26 Å². The zero-order valence-corrected chi connectivity index (χ0v) is 15.8. The Morgan fingerprint density at radius 1 is 1.16 bits per heavy atom. The number of thioether (sulfide) groups is 1. The van der Waals surface area contributed by atoms with Gasteiger partial charge in [-0.25, -0.2) is 9.50 Å². The van der Waals surface area contributed by atoms with E-state index in [-0.39, 0.29) is 12.4 Å². The third-order valence-corrected chi connectivity index (χ3v) is 4.70. The van der Waals surface area contributed by atoms with E-state index < -0.39 is 0 Å². The van der Waals surface area contributed by atoms with Gasteiger partial charge in [0.15, 0.2) is 0 Å². The van der Waals surface area contributed by atoms with Crippen molar-refractivity contribution < 1.29 is 9.53 Å². The van der Waals surface area contributed by atoms with E-state index >= 15 is 0 Å². The minimum absolute atomic E-state index is 0.142. The van der Waals surface area contributed by atoms with E-state index in [1.54, 1.807) is 4.52 Å². The summed E-state index contributed by atoms with van der Waals surface area (Å²) in [6.07, 6.45) is 2.06. The third kappa shape index (κ3) is 3.37. The fourth-order valence-corrected chi connectivity index (χ4v) is 3.12. The predicted octanol–water partition coefficient (Wildman–Crippen LogP) is 3.23. The number of ether oxygens (including phenoxy) is 1. The molecule has 6 nitrogen and oxygen atoms in total. The summed E-state index contributed by atoms with van der Waals surface area (Å²) >= 11 is 1.46. The van der Waals surface area contributed by atoms with Crippen LogP contribution in [0.25, 0.3) is 5.78 Å². The van der Waals surface area contributed by atoms with Crippen molar-refractivity contribution in [1.82, 2.24) is 19.6 Å². The monoisotopic (exact) mass is 356 g/mol. The molecule has 3 aromatic rings. The first kappa shape index (κ1) is 17.4. The Balaban J connectivity index is 1.91. The van der Waals surface area contributed by atoms with E-state index in [2.05, 4.69) is 15.1 Å². The molecule has 0 bridgehead atoms. The second-order valence-electron chi connectivity index (χ2n) is 5.94. The Bertz CT molecular complexity index is 945. The Morgan fingerprint density at radius 2 is 1.84 bits per heavy atom. The van der Waals surface area contributed by atoms with E-state index in [1.165, 1.54) is 11.8 Å². The smallest absolute Gasteiger partial charge is 0.315 e. The molecule has 2 heterocycles. The Kier molecular flexibility index (Phi) is 4.76. The molecule has 0 fully saturated rings. The maximum atomic E-state index is 12.5. The maximum absolute atomic E-state index is 12.5. The number of nitrogens with zero attached hydrogens (tertiary/aromatic N) is 4. The fourth-order valence-electron chi connectivity index (χ4n) is 2.79. The van der Waals surface area contributed by atoms with Gasteiger partial charge in [0, 0.05) is 17.0 Å². The minimum atomic E-state index is -0.310. The largest absolute Gasteiger partial charge is 0.426 e. The van der Waals surface area contributed by atoms with E-state index in [0.29, 0.717) is 16.7 Å². The van der Waals surface area contributed by atoms with Crippen molar-refractivity contribution in [1.29, 1.82) is 0 Å². The van der Waals surface area contributed by atoms with Gasteiger partial charge < -0.3 is 4.74 Å². The van der Waals surface area contributed by atoms with Gasteiger partial charge in [0.2, 0.25) is 5.16 Å². The molecular formula is C18H20N4O2S. The first-order chi connectivity index (χ1) is 11.9. The van der Waals surface area contributed by atoms with Gasteiger partial charge in [0.1, 0.15) is 5.75 Å². The van der Waals surface area contributed by atoms with E-state index in [0.717, 1.165) is 28.1 Å². The topological polar surface area (TPSA) is 69.4 Å². The molecule has 0 aliphatic rings. The number of hydrogen-bond acceptors (Lipinski definition) is 6. The standard InChI is InChI=1S/C18H20N4O2S/c1-10-7-6-8-11(2)16(10)24-15(23)9-14-12(3)19-17-20-18(25-5)21-22(17)13(14)4/h6-8H,9H2,1-5H3. The van der Waals surface area contributed by atoms with Crippen molar-refractivity contribution in [2.45, 2.75) is 39.3 Å². The molecule has 0 N–H and O–H groups in total. The number of carbonyl (C=O) groups excluding carboxylic acids is 1. The number of fused-ring (bicyclic) bond motifs is 1. The van der Waals surface area contributed by atoms with Gasteiger partial charge in [-0.15, -0.1) is 5.10 Å². The average molecular weight is 356 g/mol. The number of hydrogen-bond donors (Lipinski definition) is 0. The minimum Gasteiger partial charge on any atom is -0.426 e. The highest BCUT2D eigenvalue weighted by Gasteiger charge is 2.18. The number of rotatable bonds is 4. The molecule has 2 aromatic heterocycles. The lowest BCUT2D eigenvalue weighted by Crippen LogP contribution is -2.16. The summed E-state index contributed by atoms with van der Waals surface area (Å²) in [5.41, 5.74) is 4.33. The number of aryl methyl sites for hydroxylation is 4. The van der Waals surface area contributed by atoms with Gasteiger partial charge >= 0.3 is 5.97 Å². The fraction of sp³-hybridized carbons (Fsp3) is 0.333. The molecule has 0 saturated heterocycles. The van der Waals surface area contributed by atoms with E-state index in [1.807, 2.05) is 52.1 Å². The van der Waals surface area contributed by atoms with Gasteiger partial charge in [-0.05, 0) is 45.1 Å². The molecule has 0 aliphatic carbocycles. The molecular weight excluding hydrogens is 336 g/mol. The Morgan fingerprint density at radius 3 is 2.48 bits per heavy atom. The predicted molar refractivity (Wildman–Crippen MR) is 97.3 cm³/mol. The van der Waals surface area contributed by atoms with Gasteiger partial charge in [0.25, 0.3) is 5.78 Å². The maximum Gasteiger partial charge on any atom is 0.315 e. The summed E-state index contributed by atoms with van der Waals surface area (Å²) in [7, 11) is 0. The zero-order chi connectivity index (χ0) is 18.1. The Hall–Kier alpha value is -2.41. The van der Waals surface area contributed by atoms with Gasteiger partial charge in [-0.3, -0.25) is 4.79 Å². The number of para-hydroxylation sites is 1. The summed E-state index contributed by atoms with van der Waals surface area (Å²) in [4.78, 5) is 21.3. The van der Waals surface area contributed by atoms with Crippen molar-refractivity contribution in [3.63, 3.8) is 0 Å².